The Labute approximate surface area is 59.6 Å². The van der Waals surface area contributed by atoms with Crippen LogP contribution in [0.25, 0.3) is 0 Å². The summed E-state index contributed by atoms with van der Waals surface area (Å²) >= 11 is 0. The molecule has 0 aromatic heterocycles. The average molecular weight is 145 g/mol. The molecule has 0 amide bonds. The summed E-state index contributed by atoms with van der Waals surface area (Å²) in [6.07, 6.45) is 1.07. The smallest absolute Gasteiger partial charge is 0.375 e. The molecule has 0 atom stereocenters. The molecule has 2 N–H and O–H groups in total. The van der Waals surface area contributed by atoms with Crippen LogP contribution >= 0.6 is 0 Å². The molecular formula is C6H11NO3. The van der Waals surface area contributed by atoms with Crippen molar-refractivity contribution >= 4 is 5.97 Å². The van der Waals surface area contributed by atoms with Gasteiger partial charge in [-0.1, -0.05) is 0 Å². The first-order valence-corrected chi connectivity index (χ1v) is 2.89. The third-order valence-electron chi connectivity index (χ3n) is 0.848. The van der Waals surface area contributed by atoms with E-state index in [0.717, 1.165) is 6.20 Å². The maximum atomic E-state index is 10.7. The van der Waals surface area contributed by atoms with Crippen molar-refractivity contribution in [2.24, 2.45) is 5.73 Å². The standard InChI is InChI=1S/C6H11NO3/c1-3-10-6(8)5(4-7)9-2/h4H,3,7H2,1-2H3/b5-4-. The van der Waals surface area contributed by atoms with Gasteiger partial charge in [0.15, 0.2) is 0 Å². The SMILES string of the molecule is CCOC(=O)/C(=C/N)OC. The zero-order valence-corrected chi connectivity index (χ0v) is 6.09. The van der Waals surface area contributed by atoms with Gasteiger partial charge in [0.25, 0.3) is 0 Å². The highest BCUT2D eigenvalue weighted by molar-refractivity contribution is 5.85. The molecule has 10 heavy (non-hydrogen) atoms. The van der Waals surface area contributed by atoms with Crippen LogP contribution in [0.2, 0.25) is 0 Å². The van der Waals surface area contributed by atoms with E-state index in [4.69, 9.17) is 5.73 Å². The average Bonchev–Trinajstić information content (AvgIpc) is 1.91. The second-order valence-electron chi connectivity index (χ2n) is 1.46. The van der Waals surface area contributed by atoms with Crippen LogP contribution < -0.4 is 5.73 Å². The lowest BCUT2D eigenvalue weighted by Crippen LogP contribution is -2.10. The lowest BCUT2D eigenvalue weighted by Gasteiger charge is -2.02. The Morgan fingerprint density at radius 1 is 1.70 bits per heavy atom. The van der Waals surface area contributed by atoms with Crippen molar-refractivity contribution in [3.05, 3.63) is 12.0 Å². The van der Waals surface area contributed by atoms with E-state index >= 15 is 0 Å². The summed E-state index contributed by atoms with van der Waals surface area (Å²) in [5.41, 5.74) is 5.03. The third-order valence-corrected chi connectivity index (χ3v) is 0.848. The molecule has 0 rings (SSSR count). The molecular weight excluding hydrogens is 134 g/mol. The number of esters is 1. The van der Waals surface area contributed by atoms with Crippen LogP contribution in [0, 0.1) is 0 Å². The molecule has 0 aliphatic heterocycles. The Morgan fingerprint density at radius 3 is 2.60 bits per heavy atom. The molecule has 0 saturated carbocycles. The van der Waals surface area contributed by atoms with E-state index in [0.29, 0.717) is 6.61 Å². The third kappa shape index (κ3) is 2.39. The molecule has 58 valence electrons. The van der Waals surface area contributed by atoms with Crippen LogP contribution in [-0.4, -0.2) is 19.7 Å². The molecule has 4 heteroatoms. The van der Waals surface area contributed by atoms with Crippen molar-refractivity contribution in [3.63, 3.8) is 0 Å². The van der Waals surface area contributed by atoms with Gasteiger partial charge in [-0.3, -0.25) is 0 Å². The zero-order chi connectivity index (χ0) is 7.98. The molecule has 0 unspecified atom stereocenters. The predicted octanol–water partition coefficient (Wildman–Crippen LogP) is -0.00400. The van der Waals surface area contributed by atoms with Crippen molar-refractivity contribution < 1.29 is 14.3 Å². The Morgan fingerprint density at radius 2 is 2.30 bits per heavy atom. The first kappa shape index (κ1) is 8.81. The van der Waals surface area contributed by atoms with Crippen molar-refractivity contribution in [2.45, 2.75) is 6.92 Å². The highest BCUT2D eigenvalue weighted by atomic mass is 16.6. The monoisotopic (exact) mass is 145 g/mol. The number of hydrogen-bond donors (Lipinski definition) is 1. The van der Waals surface area contributed by atoms with Gasteiger partial charge in [-0.2, -0.15) is 0 Å². The van der Waals surface area contributed by atoms with Crippen LogP contribution in [0.1, 0.15) is 6.92 Å². The molecule has 0 radical (unpaired) electrons. The van der Waals surface area contributed by atoms with E-state index in [1.165, 1.54) is 7.11 Å². The second kappa shape index (κ2) is 4.67. The van der Waals surface area contributed by atoms with E-state index in [9.17, 15) is 4.79 Å². The van der Waals surface area contributed by atoms with Crippen molar-refractivity contribution in [3.8, 4) is 0 Å². The molecule has 0 aliphatic rings. The number of carbonyl (C=O) groups excluding carboxylic acids is 1. The fraction of sp³-hybridized carbons (Fsp3) is 0.500. The maximum Gasteiger partial charge on any atom is 0.375 e. The summed E-state index contributed by atoms with van der Waals surface area (Å²) in [5.74, 6) is -0.505. The van der Waals surface area contributed by atoms with Crippen LogP contribution in [0.15, 0.2) is 12.0 Å². The summed E-state index contributed by atoms with van der Waals surface area (Å²) in [6.45, 7) is 2.03. The van der Waals surface area contributed by atoms with Gasteiger partial charge >= 0.3 is 5.97 Å². The quantitative estimate of drug-likeness (QED) is 0.345. The highest BCUT2D eigenvalue weighted by Gasteiger charge is 2.08. The van der Waals surface area contributed by atoms with E-state index < -0.39 is 5.97 Å². The summed E-state index contributed by atoms with van der Waals surface area (Å²) in [4.78, 5) is 10.7. The number of rotatable bonds is 3. The van der Waals surface area contributed by atoms with Gasteiger partial charge in [-0.05, 0) is 6.92 Å². The minimum absolute atomic E-state index is 0.0295. The molecule has 0 heterocycles. The van der Waals surface area contributed by atoms with Gasteiger partial charge in [0, 0.05) is 6.20 Å². The fourth-order valence-corrected chi connectivity index (χ4v) is 0.422. The van der Waals surface area contributed by atoms with Crippen LogP contribution in [0.3, 0.4) is 0 Å². The van der Waals surface area contributed by atoms with E-state index in [-0.39, 0.29) is 5.76 Å². The van der Waals surface area contributed by atoms with Crippen LogP contribution in [-0.2, 0) is 14.3 Å². The Hall–Kier alpha value is -1.19. The first-order chi connectivity index (χ1) is 4.76. The number of nitrogens with two attached hydrogens (primary N) is 1. The molecule has 0 saturated heterocycles. The van der Waals surface area contributed by atoms with Crippen molar-refractivity contribution in [1.82, 2.24) is 0 Å². The topological polar surface area (TPSA) is 61.5 Å². The van der Waals surface area contributed by atoms with E-state index in [1.807, 2.05) is 0 Å². The molecule has 0 aromatic carbocycles. The summed E-state index contributed by atoms with van der Waals surface area (Å²) in [7, 11) is 1.36. The van der Waals surface area contributed by atoms with Crippen molar-refractivity contribution in [2.75, 3.05) is 13.7 Å². The summed E-state index contributed by atoms with van der Waals surface area (Å²) in [5, 5.41) is 0. The van der Waals surface area contributed by atoms with Gasteiger partial charge in [0.05, 0.1) is 13.7 Å². The zero-order valence-electron chi connectivity index (χ0n) is 6.09. The number of methoxy groups -OCH3 is 1. The molecule has 0 aromatic rings. The minimum atomic E-state index is -0.535. The number of carbonyl (C=O) groups is 1. The van der Waals surface area contributed by atoms with E-state index in [2.05, 4.69) is 9.47 Å². The minimum Gasteiger partial charge on any atom is -0.489 e. The van der Waals surface area contributed by atoms with Crippen LogP contribution in [0.4, 0.5) is 0 Å². The number of ether oxygens (including phenoxy) is 2. The molecule has 0 aliphatic carbocycles. The van der Waals surface area contributed by atoms with Gasteiger partial charge in [0.1, 0.15) is 0 Å². The van der Waals surface area contributed by atoms with Gasteiger partial charge in [-0.25, -0.2) is 4.79 Å². The summed E-state index contributed by atoms with van der Waals surface area (Å²) in [6, 6.07) is 0. The molecule has 4 nitrogen and oxygen atoms in total. The Bertz CT molecular complexity index is 142. The fourth-order valence-electron chi connectivity index (χ4n) is 0.422. The predicted molar refractivity (Wildman–Crippen MR) is 35.9 cm³/mol. The summed E-state index contributed by atoms with van der Waals surface area (Å²) < 4.78 is 9.15. The molecule has 0 fully saturated rings. The molecule has 0 spiro atoms. The normalized spacial score (nSPS) is 10.8. The second-order valence-corrected chi connectivity index (χ2v) is 1.46. The van der Waals surface area contributed by atoms with Gasteiger partial charge < -0.3 is 15.2 Å². The highest BCUT2D eigenvalue weighted by Crippen LogP contribution is 1.95. The molecule has 0 bridgehead atoms. The van der Waals surface area contributed by atoms with Gasteiger partial charge in [-0.15, -0.1) is 0 Å². The van der Waals surface area contributed by atoms with E-state index in [1.54, 1.807) is 6.92 Å². The lowest BCUT2D eigenvalue weighted by atomic mass is 10.5. The van der Waals surface area contributed by atoms with Gasteiger partial charge in [0.2, 0.25) is 5.76 Å². The number of hydrogen-bond acceptors (Lipinski definition) is 4. The first-order valence-electron chi connectivity index (χ1n) is 2.89. The Balaban J connectivity index is 3.91. The van der Waals surface area contributed by atoms with Crippen LogP contribution in [0.5, 0.6) is 0 Å². The van der Waals surface area contributed by atoms with Crippen molar-refractivity contribution in [1.29, 1.82) is 0 Å². The largest absolute Gasteiger partial charge is 0.489 e. The maximum absolute atomic E-state index is 10.7. The Kier molecular flexibility index (Phi) is 4.11. The lowest BCUT2D eigenvalue weighted by molar-refractivity contribution is -0.142.